The molecule has 0 unspecified atom stereocenters. The molecule has 1 aromatic carbocycles. The van der Waals surface area contributed by atoms with Gasteiger partial charge in [-0.15, -0.1) is 11.8 Å². The third-order valence-electron chi connectivity index (χ3n) is 2.16. The van der Waals surface area contributed by atoms with E-state index in [4.69, 9.17) is 11.6 Å². The number of rotatable bonds is 3. The molecule has 1 aromatic heterocycles. The van der Waals surface area contributed by atoms with E-state index in [9.17, 15) is 0 Å². The van der Waals surface area contributed by atoms with E-state index in [1.54, 1.807) is 17.8 Å². The Kier molecular flexibility index (Phi) is 3.86. The molecule has 0 bridgehead atoms. The van der Waals surface area contributed by atoms with Crippen LogP contribution in [0.1, 0.15) is 11.1 Å². The normalized spacial score (nSPS) is 10.4. The second-order valence-corrected chi connectivity index (χ2v) is 4.96. The Morgan fingerprint density at radius 1 is 1.19 bits per heavy atom. The number of benzene rings is 1. The van der Waals surface area contributed by atoms with Gasteiger partial charge < -0.3 is 0 Å². The fourth-order valence-corrected chi connectivity index (χ4v) is 2.47. The molecule has 0 spiro atoms. The van der Waals surface area contributed by atoms with Crippen LogP contribution in [0.3, 0.4) is 0 Å². The van der Waals surface area contributed by atoms with Crippen molar-refractivity contribution in [3.05, 3.63) is 58.7 Å². The number of pyridine rings is 1. The minimum atomic E-state index is 0.550. The van der Waals surface area contributed by atoms with Crippen molar-refractivity contribution >= 4 is 23.4 Å². The standard InChI is InChI=1S/C13H12ClNS/c1-10-4-2-5-11(8-10)9-16-13-7-3-6-12(14)15-13/h2-8H,9H2,1H3. The van der Waals surface area contributed by atoms with Crippen molar-refractivity contribution in [1.82, 2.24) is 4.98 Å². The molecular formula is C13H12ClNS. The molecule has 1 nitrogen and oxygen atoms in total. The van der Waals surface area contributed by atoms with Gasteiger partial charge in [-0.25, -0.2) is 4.98 Å². The van der Waals surface area contributed by atoms with Gasteiger partial charge in [0, 0.05) is 5.75 Å². The molecule has 0 saturated heterocycles. The Labute approximate surface area is 105 Å². The molecule has 2 rings (SSSR count). The molecule has 0 saturated carbocycles. The highest BCUT2D eigenvalue weighted by molar-refractivity contribution is 7.98. The van der Waals surface area contributed by atoms with E-state index in [2.05, 4.69) is 36.2 Å². The lowest BCUT2D eigenvalue weighted by molar-refractivity contribution is 1.13. The first kappa shape index (κ1) is 11.5. The zero-order valence-electron chi connectivity index (χ0n) is 8.98. The van der Waals surface area contributed by atoms with E-state index >= 15 is 0 Å². The van der Waals surface area contributed by atoms with Crippen molar-refractivity contribution in [2.24, 2.45) is 0 Å². The van der Waals surface area contributed by atoms with Crippen LogP contribution in [-0.4, -0.2) is 4.98 Å². The Morgan fingerprint density at radius 3 is 2.75 bits per heavy atom. The van der Waals surface area contributed by atoms with Crippen molar-refractivity contribution in [2.75, 3.05) is 0 Å². The van der Waals surface area contributed by atoms with Crippen LogP contribution in [0.5, 0.6) is 0 Å². The van der Waals surface area contributed by atoms with Gasteiger partial charge in [0.2, 0.25) is 0 Å². The molecule has 0 aliphatic carbocycles. The molecule has 2 aromatic rings. The molecule has 0 atom stereocenters. The zero-order chi connectivity index (χ0) is 11.4. The molecule has 0 fully saturated rings. The van der Waals surface area contributed by atoms with Crippen LogP contribution in [0, 0.1) is 6.92 Å². The predicted molar refractivity (Wildman–Crippen MR) is 70.0 cm³/mol. The average Bonchev–Trinajstić information content (AvgIpc) is 2.27. The molecular weight excluding hydrogens is 238 g/mol. The number of halogens is 1. The second-order valence-electron chi connectivity index (χ2n) is 3.58. The topological polar surface area (TPSA) is 12.9 Å². The molecule has 0 aliphatic rings. The molecule has 0 N–H and O–H groups in total. The summed E-state index contributed by atoms with van der Waals surface area (Å²) >= 11 is 7.53. The van der Waals surface area contributed by atoms with E-state index in [1.165, 1.54) is 11.1 Å². The minimum absolute atomic E-state index is 0.550. The summed E-state index contributed by atoms with van der Waals surface area (Å²) in [6.07, 6.45) is 0. The third-order valence-corrected chi connectivity index (χ3v) is 3.37. The average molecular weight is 250 g/mol. The van der Waals surface area contributed by atoms with Crippen LogP contribution in [0.4, 0.5) is 0 Å². The number of hydrogen-bond donors (Lipinski definition) is 0. The fourth-order valence-electron chi connectivity index (χ4n) is 1.43. The second kappa shape index (κ2) is 5.37. The monoisotopic (exact) mass is 249 g/mol. The highest BCUT2D eigenvalue weighted by Gasteiger charge is 1.98. The first-order chi connectivity index (χ1) is 7.74. The Hall–Kier alpha value is -0.990. The third kappa shape index (κ3) is 3.26. The quantitative estimate of drug-likeness (QED) is 0.593. The summed E-state index contributed by atoms with van der Waals surface area (Å²) in [7, 11) is 0. The predicted octanol–water partition coefficient (Wildman–Crippen LogP) is 4.34. The van der Waals surface area contributed by atoms with Crippen molar-refractivity contribution < 1.29 is 0 Å². The zero-order valence-corrected chi connectivity index (χ0v) is 10.6. The first-order valence-electron chi connectivity index (χ1n) is 5.05. The van der Waals surface area contributed by atoms with Gasteiger partial charge in [0.25, 0.3) is 0 Å². The van der Waals surface area contributed by atoms with Crippen LogP contribution >= 0.6 is 23.4 Å². The van der Waals surface area contributed by atoms with Crippen molar-refractivity contribution in [3.63, 3.8) is 0 Å². The van der Waals surface area contributed by atoms with Gasteiger partial charge in [0.1, 0.15) is 5.15 Å². The van der Waals surface area contributed by atoms with Gasteiger partial charge in [0.05, 0.1) is 5.03 Å². The summed E-state index contributed by atoms with van der Waals surface area (Å²) < 4.78 is 0. The van der Waals surface area contributed by atoms with Crippen molar-refractivity contribution in [2.45, 2.75) is 17.7 Å². The van der Waals surface area contributed by atoms with E-state index in [0.29, 0.717) is 5.15 Å². The number of aromatic nitrogens is 1. The van der Waals surface area contributed by atoms with E-state index in [0.717, 1.165) is 10.8 Å². The molecule has 0 radical (unpaired) electrons. The highest BCUT2D eigenvalue weighted by Crippen LogP contribution is 2.22. The van der Waals surface area contributed by atoms with Crippen LogP contribution in [0.2, 0.25) is 5.15 Å². The lowest BCUT2D eigenvalue weighted by atomic mass is 10.2. The summed E-state index contributed by atoms with van der Waals surface area (Å²) in [5.74, 6) is 0.926. The van der Waals surface area contributed by atoms with Gasteiger partial charge in [0.15, 0.2) is 0 Å². The molecule has 0 aliphatic heterocycles. The fraction of sp³-hybridized carbons (Fsp3) is 0.154. The summed E-state index contributed by atoms with van der Waals surface area (Å²) in [5, 5.41) is 1.52. The summed E-state index contributed by atoms with van der Waals surface area (Å²) in [6, 6.07) is 14.2. The van der Waals surface area contributed by atoms with Crippen LogP contribution < -0.4 is 0 Å². The molecule has 16 heavy (non-hydrogen) atoms. The largest absolute Gasteiger partial charge is 0.230 e. The van der Waals surface area contributed by atoms with Gasteiger partial charge in [-0.3, -0.25) is 0 Å². The Morgan fingerprint density at radius 2 is 2.00 bits per heavy atom. The lowest BCUT2D eigenvalue weighted by Crippen LogP contribution is -1.84. The Bertz CT molecular complexity index is 439. The van der Waals surface area contributed by atoms with Crippen LogP contribution in [0.25, 0.3) is 0 Å². The maximum Gasteiger partial charge on any atom is 0.130 e. The van der Waals surface area contributed by atoms with Crippen molar-refractivity contribution in [1.29, 1.82) is 0 Å². The summed E-state index contributed by atoms with van der Waals surface area (Å²) in [5.41, 5.74) is 2.60. The number of hydrogen-bond acceptors (Lipinski definition) is 2. The maximum atomic E-state index is 5.83. The van der Waals surface area contributed by atoms with Gasteiger partial charge in [-0.1, -0.05) is 47.5 Å². The lowest BCUT2D eigenvalue weighted by Gasteiger charge is -2.02. The van der Waals surface area contributed by atoms with Crippen LogP contribution in [0.15, 0.2) is 47.5 Å². The number of nitrogens with zero attached hydrogens (tertiary/aromatic N) is 1. The molecule has 0 amide bonds. The van der Waals surface area contributed by atoms with Crippen LogP contribution in [-0.2, 0) is 5.75 Å². The maximum absolute atomic E-state index is 5.83. The SMILES string of the molecule is Cc1cccc(CSc2cccc(Cl)n2)c1. The molecule has 82 valence electrons. The number of aryl methyl sites for hydroxylation is 1. The van der Waals surface area contributed by atoms with Gasteiger partial charge in [-0.2, -0.15) is 0 Å². The molecule has 1 heterocycles. The minimum Gasteiger partial charge on any atom is -0.230 e. The highest BCUT2D eigenvalue weighted by atomic mass is 35.5. The van der Waals surface area contributed by atoms with Gasteiger partial charge >= 0.3 is 0 Å². The van der Waals surface area contributed by atoms with E-state index < -0.39 is 0 Å². The van der Waals surface area contributed by atoms with E-state index in [-0.39, 0.29) is 0 Å². The smallest absolute Gasteiger partial charge is 0.130 e. The first-order valence-corrected chi connectivity index (χ1v) is 6.41. The Balaban J connectivity index is 2.02. The summed E-state index contributed by atoms with van der Waals surface area (Å²) in [4.78, 5) is 4.24. The van der Waals surface area contributed by atoms with Crippen molar-refractivity contribution in [3.8, 4) is 0 Å². The van der Waals surface area contributed by atoms with Gasteiger partial charge in [-0.05, 0) is 24.6 Å². The van der Waals surface area contributed by atoms with E-state index in [1.807, 2.05) is 12.1 Å². The summed E-state index contributed by atoms with van der Waals surface area (Å²) in [6.45, 7) is 2.10. The number of thioether (sulfide) groups is 1. The molecule has 3 heteroatoms.